The molecule has 0 spiro atoms. The van der Waals surface area contributed by atoms with Gasteiger partial charge in [-0.3, -0.25) is 9.69 Å². The van der Waals surface area contributed by atoms with Crippen LogP contribution in [0.5, 0.6) is 0 Å². The van der Waals surface area contributed by atoms with Crippen LogP contribution in [0.2, 0.25) is 0 Å². The minimum atomic E-state index is -0.205. The summed E-state index contributed by atoms with van der Waals surface area (Å²) in [6, 6.07) is 18.4. The lowest BCUT2D eigenvalue weighted by molar-refractivity contribution is -0.113. The molecule has 0 unspecified atom stereocenters. The van der Waals surface area contributed by atoms with Crippen molar-refractivity contribution in [3.8, 4) is 12.1 Å². The number of carbonyl (C=O) groups is 1. The predicted molar refractivity (Wildman–Crippen MR) is 102 cm³/mol. The number of nitriles is 2. The zero-order chi connectivity index (χ0) is 19.2. The number of anilines is 1. The molecule has 6 nitrogen and oxygen atoms in total. The fraction of sp³-hybridized carbons (Fsp3) is 0.190. The van der Waals surface area contributed by atoms with E-state index in [9.17, 15) is 4.79 Å². The highest BCUT2D eigenvalue weighted by Gasteiger charge is 2.22. The molecular formula is C21H19N5O. The van der Waals surface area contributed by atoms with Gasteiger partial charge in [-0.05, 0) is 48.4 Å². The molecule has 0 atom stereocenters. The summed E-state index contributed by atoms with van der Waals surface area (Å²) < 4.78 is 0. The van der Waals surface area contributed by atoms with Crippen LogP contribution in [0.15, 0.2) is 59.8 Å². The minimum absolute atomic E-state index is 0.205. The molecule has 0 aromatic heterocycles. The second-order valence-corrected chi connectivity index (χ2v) is 6.42. The molecule has 3 rings (SSSR count). The predicted octanol–water partition coefficient (Wildman–Crippen LogP) is 2.49. The Hall–Kier alpha value is -3.61. The Bertz CT molecular complexity index is 963. The summed E-state index contributed by atoms with van der Waals surface area (Å²) in [5.41, 5.74) is 10.2. The third kappa shape index (κ3) is 4.52. The molecule has 1 heterocycles. The highest BCUT2D eigenvalue weighted by molar-refractivity contribution is 6.04. The summed E-state index contributed by atoms with van der Waals surface area (Å²) in [6.07, 6.45) is 0.561. The Kier molecular flexibility index (Phi) is 5.51. The minimum Gasteiger partial charge on any atom is -0.401 e. The maximum absolute atomic E-state index is 12.5. The fourth-order valence-electron chi connectivity index (χ4n) is 3.07. The van der Waals surface area contributed by atoms with E-state index in [0.29, 0.717) is 54.1 Å². The summed E-state index contributed by atoms with van der Waals surface area (Å²) in [5, 5.41) is 20.7. The van der Waals surface area contributed by atoms with E-state index in [1.54, 1.807) is 30.3 Å². The maximum atomic E-state index is 12.5. The van der Waals surface area contributed by atoms with Crippen molar-refractivity contribution in [1.82, 2.24) is 4.90 Å². The average molecular weight is 357 g/mol. The van der Waals surface area contributed by atoms with Crippen LogP contribution in [-0.2, 0) is 11.3 Å². The van der Waals surface area contributed by atoms with Crippen LogP contribution in [0.1, 0.15) is 23.1 Å². The largest absolute Gasteiger partial charge is 0.401 e. The van der Waals surface area contributed by atoms with Gasteiger partial charge in [0.2, 0.25) is 0 Å². The molecule has 0 fully saturated rings. The maximum Gasteiger partial charge on any atom is 0.253 e. The van der Waals surface area contributed by atoms with E-state index in [2.05, 4.69) is 16.3 Å². The molecule has 2 aromatic rings. The number of nitrogens with zero attached hydrogens (tertiary/aromatic N) is 3. The number of hydrogen-bond acceptors (Lipinski definition) is 5. The zero-order valence-corrected chi connectivity index (χ0v) is 14.8. The molecule has 0 saturated carbocycles. The lowest BCUT2D eigenvalue weighted by Crippen LogP contribution is -2.36. The Labute approximate surface area is 158 Å². The summed E-state index contributed by atoms with van der Waals surface area (Å²) in [5.74, 6) is -0.205. The first kappa shape index (κ1) is 18.2. The molecule has 3 N–H and O–H groups in total. The van der Waals surface area contributed by atoms with Crippen LogP contribution in [0, 0.1) is 22.7 Å². The molecule has 0 saturated heterocycles. The SMILES string of the molecule is N#Cc1ccc(NC(=O)C2=C(N)CN(Cc3cccc(C#N)c3)CC2)cc1. The van der Waals surface area contributed by atoms with Gasteiger partial charge in [0.15, 0.2) is 0 Å². The van der Waals surface area contributed by atoms with Gasteiger partial charge >= 0.3 is 0 Å². The molecule has 1 aliphatic heterocycles. The first-order chi connectivity index (χ1) is 13.1. The van der Waals surface area contributed by atoms with Gasteiger partial charge in [-0.15, -0.1) is 0 Å². The van der Waals surface area contributed by atoms with Gasteiger partial charge in [0.05, 0.1) is 23.3 Å². The van der Waals surface area contributed by atoms with Crippen molar-refractivity contribution >= 4 is 11.6 Å². The van der Waals surface area contributed by atoms with Crippen molar-refractivity contribution in [3.63, 3.8) is 0 Å². The molecular weight excluding hydrogens is 338 g/mol. The molecule has 6 heteroatoms. The third-order valence-corrected chi connectivity index (χ3v) is 4.47. The highest BCUT2D eigenvalue weighted by atomic mass is 16.1. The summed E-state index contributed by atoms with van der Waals surface area (Å²) in [6.45, 7) is 1.90. The van der Waals surface area contributed by atoms with Crippen molar-refractivity contribution in [2.75, 3.05) is 18.4 Å². The lowest BCUT2D eigenvalue weighted by Gasteiger charge is -2.28. The highest BCUT2D eigenvalue weighted by Crippen LogP contribution is 2.19. The van der Waals surface area contributed by atoms with Crippen LogP contribution in [-0.4, -0.2) is 23.9 Å². The molecule has 0 aliphatic carbocycles. The number of carbonyl (C=O) groups excluding carboxylic acids is 1. The number of rotatable bonds is 4. The van der Waals surface area contributed by atoms with E-state index < -0.39 is 0 Å². The van der Waals surface area contributed by atoms with E-state index >= 15 is 0 Å². The first-order valence-electron chi connectivity index (χ1n) is 8.59. The Morgan fingerprint density at radius 1 is 1.11 bits per heavy atom. The van der Waals surface area contributed by atoms with Crippen LogP contribution in [0.25, 0.3) is 0 Å². The van der Waals surface area contributed by atoms with Gasteiger partial charge in [0, 0.05) is 36.6 Å². The molecule has 0 radical (unpaired) electrons. The summed E-state index contributed by atoms with van der Waals surface area (Å²) >= 11 is 0. The van der Waals surface area contributed by atoms with Gasteiger partial charge in [0.25, 0.3) is 5.91 Å². The Morgan fingerprint density at radius 3 is 2.52 bits per heavy atom. The number of amides is 1. The molecule has 1 aliphatic rings. The smallest absolute Gasteiger partial charge is 0.253 e. The number of nitrogens with one attached hydrogen (secondary N) is 1. The second kappa shape index (κ2) is 8.18. The average Bonchev–Trinajstić information content (AvgIpc) is 2.68. The van der Waals surface area contributed by atoms with Crippen molar-refractivity contribution in [2.45, 2.75) is 13.0 Å². The lowest BCUT2D eigenvalue weighted by atomic mass is 10.0. The van der Waals surface area contributed by atoms with E-state index in [-0.39, 0.29) is 5.91 Å². The molecule has 2 aromatic carbocycles. The second-order valence-electron chi connectivity index (χ2n) is 6.42. The molecule has 27 heavy (non-hydrogen) atoms. The summed E-state index contributed by atoms with van der Waals surface area (Å²) in [7, 11) is 0. The van der Waals surface area contributed by atoms with Crippen molar-refractivity contribution < 1.29 is 4.79 Å². The van der Waals surface area contributed by atoms with Crippen molar-refractivity contribution in [2.24, 2.45) is 5.73 Å². The molecule has 134 valence electrons. The zero-order valence-electron chi connectivity index (χ0n) is 14.8. The fourth-order valence-corrected chi connectivity index (χ4v) is 3.07. The van der Waals surface area contributed by atoms with Crippen LogP contribution >= 0.6 is 0 Å². The van der Waals surface area contributed by atoms with E-state index in [4.69, 9.17) is 16.3 Å². The third-order valence-electron chi connectivity index (χ3n) is 4.47. The van der Waals surface area contributed by atoms with Gasteiger partial charge < -0.3 is 11.1 Å². The standard InChI is InChI=1S/C21H19N5O/c22-11-15-4-6-18(7-5-15)25-21(27)19-8-9-26(14-20(19)24)13-17-3-1-2-16(10-17)12-23/h1-7,10H,8-9,13-14,24H2,(H,25,27). The Morgan fingerprint density at radius 2 is 1.85 bits per heavy atom. The van der Waals surface area contributed by atoms with Gasteiger partial charge in [-0.1, -0.05) is 12.1 Å². The normalized spacial score (nSPS) is 14.3. The van der Waals surface area contributed by atoms with Crippen LogP contribution < -0.4 is 11.1 Å². The van der Waals surface area contributed by atoms with Crippen LogP contribution in [0.4, 0.5) is 5.69 Å². The van der Waals surface area contributed by atoms with Crippen LogP contribution in [0.3, 0.4) is 0 Å². The van der Waals surface area contributed by atoms with Gasteiger partial charge in [0.1, 0.15) is 0 Å². The van der Waals surface area contributed by atoms with E-state index in [1.165, 1.54) is 0 Å². The first-order valence-corrected chi connectivity index (χ1v) is 8.59. The number of benzene rings is 2. The number of nitrogens with two attached hydrogens (primary N) is 1. The topological polar surface area (TPSA) is 106 Å². The molecule has 1 amide bonds. The van der Waals surface area contributed by atoms with Gasteiger partial charge in [-0.2, -0.15) is 10.5 Å². The Balaban J connectivity index is 1.64. The molecule has 0 bridgehead atoms. The summed E-state index contributed by atoms with van der Waals surface area (Å²) in [4.78, 5) is 14.7. The van der Waals surface area contributed by atoms with E-state index in [1.807, 2.05) is 24.3 Å². The quantitative estimate of drug-likeness (QED) is 0.874. The number of hydrogen-bond donors (Lipinski definition) is 2. The van der Waals surface area contributed by atoms with E-state index in [0.717, 1.165) is 5.56 Å². The van der Waals surface area contributed by atoms with Crippen molar-refractivity contribution in [1.29, 1.82) is 10.5 Å². The van der Waals surface area contributed by atoms with Gasteiger partial charge in [-0.25, -0.2) is 0 Å². The monoisotopic (exact) mass is 357 g/mol. The van der Waals surface area contributed by atoms with Crippen molar-refractivity contribution in [3.05, 3.63) is 76.5 Å².